The first-order valence-corrected chi connectivity index (χ1v) is 7.31. The van der Waals surface area contributed by atoms with Crippen molar-refractivity contribution in [2.45, 2.75) is 0 Å². The zero-order valence-corrected chi connectivity index (χ0v) is 13.3. The molecule has 0 heterocycles. The topological polar surface area (TPSA) is 84.2 Å². The number of halogens is 1. The monoisotopic (exact) mass is 395 g/mol. The summed E-state index contributed by atoms with van der Waals surface area (Å²) in [6.07, 6.45) is 0. The first kappa shape index (κ1) is 15.3. The maximum absolute atomic E-state index is 11.8. The van der Waals surface area contributed by atoms with Crippen molar-refractivity contribution in [1.29, 1.82) is 0 Å². The molecule has 0 spiro atoms. The molecule has 108 valence electrons. The fraction of sp³-hybridized carbons (Fsp3) is 0.0667. The zero-order valence-electron chi connectivity index (χ0n) is 11.1. The average molecular weight is 395 g/mol. The Kier molecular flexibility index (Phi) is 5.15. The van der Waals surface area contributed by atoms with Crippen LogP contribution in [0.1, 0.15) is 10.4 Å². The van der Waals surface area contributed by atoms with E-state index in [4.69, 9.17) is 5.73 Å². The van der Waals surface area contributed by atoms with Crippen molar-refractivity contribution in [3.63, 3.8) is 0 Å². The van der Waals surface area contributed by atoms with Crippen LogP contribution in [0, 0.1) is 3.57 Å². The molecule has 2 aromatic carbocycles. The summed E-state index contributed by atoms with van der Waals surface area (Å²) < 4.78 is 1.09. The normalized spacial score (nSPS) is 9.95. The molecule has 0 unspecified atom stereocenters. The molecule has 0 saturated heterocycles. The number of carbonyl (C=O) groups is 2. The molecule has 0 radical (unpaired) electrons. The van der Waals surface area contributed by atoms with Gasteiger partial charge in [0.05, 0.1) is 6.54 Å². The van der Waals surface area contributed by atoms with Gasteiger partial charge in [-0.1, -0.05) is 0 Å². The molecule has 0 fully saturated rings. The number of amides is 2. The van der Waals surface area contributed by atoms with Gasteiger partial charge in [-0.25, -0.2) is 0 Å². The molecule has 4 N–H and O–H groups in total. The molecule has 0 aliphatic heterocycles. The highest BCUT2D eigenvalue weighted by molar-refractivity contribution is 14.1. The first-order chi connectivity index (χ1) is 10.0. The van der Waals surface area contributed by atoms with Crippen molar-refractivity contribution in [2.24, 2.45) is 0 Å². The number of benzene rings is 2. The van der Waals surface area contributed by atoms with E-state index in [0.717, 1.165) is 3.57 Å². The molecule has 0 aromatic heterocycles. The first-order valence-electron chi connectivity index (χ1n) is 6.24. The molecule has 0 aliphatic rings. The second-order valence-electron chi connectivity index (χ2n) is 4.36. The van der Waals surface area contributed by atoms with Crippen molar-refractivity contribution < 1.29 is 9.59 Å². The van der Waals surface area contributed by atoms with E-state index in [2.05, 4.69) is 33.2 Å². The number of nitrogens with one attached hydrogen (secondary N) is 2. The summed E-state index contributed by atoms with van der Waals surface area (Å²) in [5, 5.41) is 5.26. The lowest BCUT2D eigenvalue weighted by atomic mass is 10.2. The van der Waals surface area contributed by atoms with Crippen LogP contribution in [0.25, 0.3) is 0 Å². The smallest absolute Gasteiger partial charge is 0.251 e. The van der Waals surface area contributed by atoms with Crippen LogP contribution in [0.4, 0.5) is 11.4 Å². The van der Waals surface area contributed by atoms with Gasteiger partial charge < -0.3 is 16.4 Å². The number of nitrogens with two attached hydrogens (primary N) is 1. The Bertz CT molecular complexity index is 639. The summed E-state index contributed by atoms with van der Waals surface area (Å²) >= 11 is 2.19. The minimum absolute atomic E-state index is 0.0881. The zero-order chi connectivity index (χ0) is 15.2. The minimum Gasteiger partial charge on any atom is -0.399 e. The Morgan fingerprint density at radius 3 is 2.24 bits per heavy atom. The SMILES string of the molecule is Nc1ccc(C(=O)NCC(=O)Nc2ccc(I)cc2)cc1. The second-order valence-corrected chi connectivity index (χ2v) is 5.61. The van der Waals surface area contributed by atoms with E-state index in [-0.39, 0.29) is 18.4 Å². The van der Waals surface area contributed by atoms with E-state index in [9.17, 15) is 9.59 Å². The number of rotatable bonds is 4. The molecule has 6 heteroatoms. The predicted octanol–water partition coefficient (Wildman–Crippen LogP) is 2.24. The lowest BCUT2D eigenvalue weighted by Crippen LogP contribution is -2.32. The summed E-state index contributed by atoms with van der Waals surface area (Å²) in [6.45, 7) is -0.0881. The maximum Gasteiger partial charge on any atom is 0.251 e. The largest absolute Gasteiger partial charge is 0.399 e. The summed E-state index contributed by atoms with van der Waals surface area (Å²) in [5.74, 6) is -0.590. The van der Waals surface area contributed by atoms with E-state index in [0.29, 0.717) is 16.9 Å². The Labute approximate surface area is 136 Å². The fourth-order valence-corrected chi connectivity index (χ4v) is 2.00. The number of hydrogen-bond donors (Lipinski definition) is 3. The molecule has 2 rings (SSSR count). The Morgan fingerprint density at radius 2 is 1.62 bits per heavy atom. The number of hydrogen-bond acceptors (Lipinski definition) is 3. The molecule has 5 nitrogen and oxygen atoms in total. The second kappa shape index (κ2) is 7.07. The van der Waals surface area contributed by atoms with Gasteiger partial charge in [-0.05, 0) is 71.1 Å². The molecule has 0 bridgehead atoms. The van der Waals surface area contributed by atoms with E-state index in [1.165, 1.54) is 0 Å². The van der Waals surface area contributed by atoms with Crippen LogP contribution in [0.2, 0.25) is 0 Å². The molecule has 2 amide bonds. The third-order valence-electron chi connectivity index (χ3n) is 2.71. The maximum atomic E-state index is 11.8. The minimum atomic E-state index is -0.312. The summed E-state index contributed by atoms with van der Waals surface area (Å²) in [7, 11) is 0. The number of anilines is 2. The van der Waals surface area contributed by atoms with Crippen molar-refractivity contribution in [3.05, 3.63) is 57.7 Å². The third kappa shape index (κ3) is 4.75. The third-order valence-corrected chi connectivity index (χ3v) is 3.43. The lowest BCUT2D eigenvalue weighted by molar-refractivity contribution is -0.115. The van der Waals surface area contributed by atoms with E-state index >= 15 is 0 Å². The predicted molar refractivity (Wildman–Crippen MR) is 91.0 cm³/mol. The molecule has 21 heavy (non-hydrogen) atoms. The molecule has 0 saturated carbocycles. The van der Waals surface area contributed by atoms with Crippen molar-refractivity contribution in [1.82, 2.24) is 5.32 Å². The van der Waals surface area contributed by atoms with Crippen molar-refractivity contribution >= 4 is 45.8 Å². The number of nitrogen functional groups attached to an aromatic ring is 1. The van der Waals surface area contributed by atoms with Crippen LogP contribution in [0.15, 0.2) is 48.5 Å². The Morgan fingerprint density at radius 1 is 1.00 bits per heavy atom. The summed E-state index contributed by atoms with van der Waals surface area (Å²) in [5.41, 5.74) is 7.30. The van der Waals surface area contributed by atoms with Gasteiger partial charge in [0, 0.05) is 20.5 Å². The Hall–Kier alpha value is -2.09. The van der Waals surface area contributed by atoms with Gasteiger partial charge in [0.1, 0.15) is 0 Å². The van der Waals surface area contributed by atoms with Crippen LogP contribution >= 0.6 is 22.6 Å². The quantitative estimate of drug-likeness (QED) is 0.549. The average Bonchev–Trinajstić information content (AvgIpc) is 2.48. The van der Waals surface area contributed by atoms with Crippen molar-refractivity contribution in [3.8, 4) is 0 Å². The van der Waals surface area contributed by atoms with Gasteiger partial charge in [0.2, 0.25) is 5.91 Å². The van der Waals surface area contributed by atoms with Gasteiger partial charge >= 0.3 is 0 Å². The van der Waals surface area contributed by atoms with E-state index in [1.807, 2.05) is 24.3 Å². The highest BCUT2D eigenvalue weighted by atomic mass is 127. The van der Waals surface area contributed by atoms with Gasteiger partial charge in [-0.15, -0.1) is 0 Å². The molecular weight excluding hydrogens is 381 g/mol. The lowest BCUT2D eigenvalue weighted by Gasteiger charge is -2.07. The highest BCUT2D eigenvalue weighted by Gasteiger charge is 2.08. The highest BCUT2D eigenvalue weighted by Crippen LogP contribution is 2.10. The van der Waals surface area contributed by atoms with Gasteiger partial charge in [-0.3, -0.25) is 9.59 Å². The van der Waals surface area contributed by atoms with Gasteiger partial charge in [-0.2, -0.15) is 0 Å². The molecule has 0 aliphatic carbocycles. The molecule has 2 aromatic rings. The van der Waals surface area contributed by atoms with Crippen LogP contribution in [-0.2, 0) is 4.79 Å². The van der Waals surface area contributed by atoms with Crippen LogP contribution < -0.4 is 16.4 Å². The van der Waals surface area contributed by atoms with Gasteiger partial charge in [0.25, 0.3) is 5.91 Å². The fourth-order valence-electron chi connectivity index (χ4n) is 1.64. The summed E-state index contributed by atoms with van der Waals surface area (Å²) in [6, 6.07) is 13.9. The van der Waals surface area contributed by atoms with Crippen LogP contribution in [0.5, 0.6) is 0 Å². The van der Waals surface area contributed by atoms with E-state index < -0.39 is 0 Å². The molecule has 0 atom stereocenters. The van der Waals surface area contributed by atoms with Crippen molar-refractivity contribution in [2.75, 3.05) is 17.6 Å². The van der Waals surface area contributed by atoms with Crippen LogP contribution in [0.3, 0.4) is 0 Å². The molecular formula is C15H14IN3O2. The standard InChI is InChI=1S/C15H14IN3O2/c16-11-3-7-13(8-4-11)19-14(20)9-18-15(21)10-1-5-12(17)6-2-10/h1-8H,9,17H2,(H,18,21)(H,19,20). The van der Waals surface area contributed by atoms with E-state index in [1.54, 1.807) is 24.3 Å². The summed E-state index contributed by atoms with van der Waals surface area (Å²) in [4.78, 5) is 23.6. The van der Waals surface area contributed by atoms with Crippen LogP contribution in [-0.4, -0.2) is 18.4 Å². The van der Waals surface area contributed by atoms with Gasteiger partial charge in [0.15, 0.2) is 0 Å². The Balaban J connectivity index is 1.84. The number of carbonyl (C=O) groups excluding carboxylic acids is 2.